The lowest BCUT2D eigenvalue weighted by molar-refractivity contribution is -0.274. The molecule has 0 aromatic heterocycles. The number of fused-ring (bicyclic) bond motifs is 7. The van der Waals surface area contributed by atoms with E-state index in [1.807, 2.05) is 6.92 Å². The van der Waals surface area contributed by atoms with Crippen LogP contribution in [0.1, 0.15) is 79.1 Å². The zero-order chi connectivity index (χ0) is 23.6. The van der Waals surface area contributed by atoms with Gasteiger partial charge in [0.2, 0.25) is 0 Å². The van der Waals surface area contributed by atoms with E-state index in [2.05, 4.69) is 20.8 Å². The average Bonchev–Trinajstić information content (AvgIpc) is 3.19. The molecule has 2 heterocycles. The fourth-order valence-corrected chi connectivity index (χ4v) is 10.1. The van der Waals surface area contributed by atoms with Crippen molar-refractivity contribution < 1.29 is 29.6 Å². The van der Waals surface area contributed by atoms with E-state index >= 15 is 0 Å². The molecule has 6 heteroatoms. The largest absolute Gasteiger partial charge is 0.390 e. The average molecular weight is 463 g/mol. The van der Waals surface area contributed by atoms with Crippen molar-refractivity contribution in [3.05, 3.63) is 0 Å². The van der Waals surface area contributed by atoms with Crippen LogP contribution in [0.15, 0.2) is 0 Å². The molecule has 0 aromatic rings. The van der Waals surface area contributed by atoms with E-state index in [9.17, 15) is 20.1 Å². The molecule has 6 nitrogen and oxygen atoms in total. The van der Waals surface area contributed by atoms with Gasteiger partial charge in [0.1, 0.15) is 5.60 Å². The third kappa shape index (κ3) is 2.76. The van der Waals surface area contributed by atoms with Crippen LogP contribution in [0.5, 0.6) is 0 Å². The van der Waals surface area contributed by atoms with Gasteiger partial charge in [0, 0.05) is 30.6 Å². The highest BCUT2D eigenvalue weighted by atomic mass is 16.7. The van der Waals surface area contributed by atoms with Crippen LogP contribution >= 0.6 is 0 Å². The van der Waals surface area contributed by atoms with Gasteiger partial charge in [0.15, 0.2) is 11.6 Å². The second kappa shape index (κ2) is 7.03. The number of carbonyl (C=O) groups excluding carboxylic acids is 1. The number of carbonyl (C=O) groups is 1. The summed E-state index contributed by atoms with van der Waals surface area (Å²) in [5.41, 5.74) is -2.13. The van der Waals surface area contributed by atoms with E-state index < -0.39 is 29.0 Å². The molecule has 4 saturated carbocycles. The van der Waals surface area contributed by atoms with Gasteiger partial charge in [-0.05, 0) is 67.1 Å². The van der Waals surface area contributed by atoms with Crippen molar-refractivity contribution in [3.8, 4) is 0 Å². The number of ketones is 1. The van der Waals surface area contributed by atoms with E-state index in [0.29, 0.717) is 30.1 Å². The predicted molar refractivity (Wildman–Crippen MR) is 121 cm³/mol. The summed E-state index contributed by atoms with van der Waals surface area (Å²) in [4.78, 5) is 13.4. The number of ether oxygens (including phenoxy) is 2. The van der Waals surface area contributed by atoms with Crippen LogP contribution in [0.2, 0.25) is 0 Å². The van der Waals surface area contributed by atoms with Crippen molar-refractivity contribution in [2.24, 2.45) is 46.3 Å². The highest BCUT2D eigenvalue weighted by Crippen LogP contribution is 2.71. The Morgan fingerprint density at radius 3 is 2.42 bits per heavy atom. The molecular weight excluding hydrogens is 420 g/mol. The van der Waals surface area contributed by atoms with Gasteiger partial charge < -0.3 is 24.8 Å². The van der Waals surface area contributed by atoms with E-state index in [-0.39, 0.29) is 42.0 Å². The molecule has 33 heavy (non-hydrogen) atoms. The Hall–Kier alpha value is -0.530. The van der Waals surface area contributed by atoms with Crippen LogP contribution in [-0.2, 0) is 14.3 Å². The molecule has 13 atom stereocenters. The van der Waals surface area contributed by atoms with Crippen LogP contribution in [0.4, 0.5) is 0 Å². The molecule has 186 valence electrons. The second-order valence-electron chi connectivity index (χ2n) is 13.3. The first-order valence-electron chi connectivity index (χ1n) is 13.4. The van der Waals surface area contributed by atoms with Gasteiger partial charge in [0.25, 0.3) is 0 Å². The van der Waals surface area contributed by atoms with Crippen molar-refractivity contribution in [1.29, 1.82) is 0 Å². The van der Waals surface area contributed by atoms with Gasteiger partial charge in [-0.1, -0.05) is 27.7 Å². The van der Waals surface area contributed by atoms with Crippen LogP contribution in [0, 0.1) is 46.3 Å². The Morgan fingerprint density at radius 1 is 1.00 bits per heavy atom. The first-order chi connectivity index (χ1) is 15.5. The first kappa shape index (κ1) is 22.9. The molecule has 0 aromatic carbocycles. The number of hydrogen-bond donors (Lipinski definition) is 3. The Morgan fingerprint density at radius 2 is 1.73 bits per heavy atom. The molecule has 0 radical (unpaired) electrons. The molecule has 2 aliphatic heterocycles. The lowest BCUT2D eigenvalue weighted by Gasteiger charge is -2.63. The second-order valence-corrected chi connectivity index (χ2v) is 13.3. The van der Waals surface area contributed by atoms with Gasteiger partial charge in [-0.25, -0.2) is 0 Å². The molecule has 4 aliphatic carbocycles. The molecule has 0 bridgehead atoms. The Balaban J connectivity index is 1.31. The van der Waals surface area contributed by atoms with Gasteiger partial charge in [-0.15, -0.1) is 0 Å². The molecule has 2 saturated heterocycles. The summed E-state index contributed by atoms with van der Waals surface area (Å²) >= 11 is 0. The maximum Gasteiger partial charge on any atom is 0.171 e. The fraction of sp³-hybridized carbons (Fsp3) is 0.963. The lowest BCUT2D eigenvalue weighted by Crippen LogP contribution is -2.69. The summed E-state index contributed by atoms with van der Waals surface area (Å²) in [7, 11) is 0. The third-order valence-electron chi connectivity index (χ3n) is 11.9. The number of rotatable bonds is 0. The van der Waals surface area contributed by atoms with Crippen molar-refractivity contribution in [2.75, 3.05) is 6.61 Å². The normalized spacial score (nSPS) is 62.5. The van der Waals surface area contributed by atoms with Gasteiger partial charge in [0.05, 0.1) is 24.9 Å². The fourth-order valence-electron chi connectivity index (χ4n) is 10.1. The summed E-state index contributed by atoms with van der Waals surface area (Å²) in [6, 6.07) is 0. The maximum absolute atomic E-state index is 13.4. The van der Waals surface area contributed by atoms with E-state index in [1.165, 1.54) is 0 Å². The highest BCUT2D eigenvalue weighted by Gasteiger charge is 2.72. The Kier molecular flexibility index (Phi) is 4.88. The van der Waals surface area contributed by atoms with E-state index in [1.54, 1.807) is 0 Å². The van der Waals surface area contributed by atoms with Crippen LogP contribution in [0.3, 0.4) is 0 Å². The number of Topliss-reactive ketones (excluding diaryl/α,β-unsaturated/α-hetero) is 1. The monoisotopic (exact) mass is 462 g/mol. The molecule has 1 spiro atoms. The standard InChI is InChI=1S/C27H42O6/c1-14-5-8-27(32-13-14)15(2)23-21(33-27)10-18-16-9-22(30)26(31)12-20(29)19(28)11-25(26,4)17(16)6-7-24(18,23)3/h14-21,23,28-29,31H,5-13H2,1-4H3/t14-,15+,16-,17+,18+,19+,20+,21+,23+,24+,25-,26+,27-/m1/s1. The zero-order valence-corrected chi connectivity index (χ0v) is 20.6. The Labute approximate surface area is 197 Å². The summed E-state index contributed by atoms with van der Waals surface area (Å²) < 4.78 is 13.2. The third-order valence-corrected chi connectivity index (χ3v) is 11.9. The molecule has 3 N–H and O–H groups in total. The van der Waals surface area contributed by atoms with Gasteiger partial charge in [-0.2, -0.15) is 0 Å². The lowest BCUT2D eigenvalue weighted by atomic mass is 9.42. The smallest absolute Gasteiger partial charge is 0.171 e. The van der Waals surface area contributed by atoms with Crippen molar-refractivity contribution in [1.82, 2.24) is 0 Å². The van der Waals surface area contributed by atoms with Gasteiger partial charge in [-0.3, -0.25) is 4.79 Å². The first-order valence-corrected chi connectivity index (χ1v) is 13.4. The Bertz CT molecular complexity index is 836. The summed E-state index contributed by atoms with van der Waals surface area (Å²) in [6.45, 7) is 9.77. The van der Waals surface area contributed by atoms with Crippen LogP contribution < -0.4 is 0 Å². The summed E-state index contributed by atoms with van der Waals surface area (Å²) in [5, 5.41) is 32.4. The summed E-state index contributed by atoms with van der Waals surface area (Å²) in [6.07, 6.45) is 3.96. The SMILES string of the molecule is C[C@@H]1CC[C@@]2(OC1)O[C@H]1C[C@H]3[C@@H]4CC(=O)[C@@]5(O)C[C@H](O)[C@@H](O)C[C@]5(C)[C@H]4CC[C@]3(C)[C@H]1[C@@H]2C. The molecule has 6 fully saturated rings. The topological polar surface area (TPSA) is 96.2 Å². The van der Waals surface area contributed by atoms with Crippen molar-refractivity contribution in [3.63, 3.8) is 0 Å². The molecule has 0 unspecified atom stereocenters. The molecule has 0 amide bonds. The minimum atomic E-state index is -1.53. The summed E-state index contributed by atoms with van der Waals surface area (Å²) in [5.74, 6) is 1.53. The molecular formula is C27H42O6. The number of aliphatic hydroxyl groups excluding tert-OH is 2. The number of hydrogen-bond acceptors (Lipinski definition) is 6. The van der Waals surface area contributed by atoms with Gasteiger partial charge >= 0.3 is 0 Å². The number of aliphatic hydroxyl groups is 3. The van der Waals surface area contributed by atoms with E-state index in [4.69, 9.17) is 9.47 Å². The van der Waals surface area contributed by atoms with Crippen molar-refractivity contribution >= 4 is 5.78 Å². The quantitative estimate of drug-likeness (QED) is 0.512. The zero-order valence-electron chi connectivity index (χ0n) is 20.6. The van der Waals surface area contributed by atoms with Crippen LogP contribution in [-0.4, -0.2) is 57.4 Å². The minimum Gasteiger partial charge on any atom is -0.390 e. The molecule has 6 aliphatic rings. The highest BCUT2D eigenvalue weighted by molar-refractivity contribution is 5.89. The maximum atomic E-state index is 13.4. The minimum absolute atomic E-state index is 0.0433. The van der Waals surface area contributed by atoms with Crippen molar-refractivity contribution in [2.45, 2.75) is 109 Å². The van der Waals surface area contributed by atoms with E-state index in [0.717, 1.165) is 38.7 Å². The van der Waals surface area contributed by atoms with Crippen LogP contribution in [0.25, 0.3) is 0 Å². The molecule has 6 rings (SSSR count). The predicted octanol–water partition coefficient (Wildman–Crippen LogP) is 3.06.